The lowest BCUT2D eigenvalue weighted by molar-refractivity contribution is 0.138. The van der Waals surface area contributed by atoms with Gasteiger partial charge in [-0.2, -0.15) is 4.98 Å². The Balaban J connectivity index is 1.50. The molecule has 0 amide bonds. The Bertz CT molecular complexity index is 836. The summed E-state index contributed by atoms with van der Waals surface area (Å²) in [5.74, 6) is 0.851. The van der Waals surface area contributed by atoms with Crippen LogP contribution in [-0.2, 0) is 13.7 Å². The van der Waals surface area contributed by atoms with Crippen LogP contribution in [0.4, 0.5) is 0 Å². The first-order chi connectivity index (χ1) is 12.3. The van der Waals surface area contributed by atoms with Crippen LogP contribution in [0.1, 0.15) is 37.7 Å². The van der Waals surface area contributed by atoms with E-state index in [-0.39, 0.29) is 0 Å². The first-order valence-corrected chi connectivity index (χ1v) is 9.09. The second kappa shape index (κ2) is 7.18. The van der Waals surface area contributed by atoms with Gasteiger partial charge >= 0.3 is 0 Å². The highest BCUT2D eigenvalue weighted by atomic mass is 16.5. The SMILES string of the molecule is Cn1c(OC2CCCCC2)nc2ccc(OCc3ccccc3)cc21. The number of hydrogen-bond acceptors (Lipinski definition) is 3. The summed E-state index contributed by atoms with van der Waals surface area (Å²) in [6.07, 6.45) is 6.41. The van der Waals surface area contributed by atoms with Crippen LogP contribution in [-0.4, -0.2) is 15.7 Å². The molecule has 0 atom stereocenters. The maximum Gasteiger partial charge on any atom is 0.297 e. The van der Waals surface area contributed by atoms with Crippen molar-refractivity contribution in [1.82, 2.24) is 9.55 Å². The van der Waals surface area contributed by atoms with E-state index in [2.05, 4.69) is 17.1 Å². The van der Waals surface area contributed by atoms with Gasteiger partial charge in [-0.1, -0.05) is 36.8 Å². The maximum absolute atomic E-state index is 6.15. The molecule has 0 radical (unpaired) electrons. The van der Waals surface area contributed by atoms with Crippen LogP contribution in [0.2, 0.25) is 0 Å². The van der Waals surface area contributed by atoms with Crippen LogP contribution in [0.3, 0.4) is 0 Å². The third-order valence-electron chi connectivity index (χ3n) is 4.88. The number of ether oxygens (including phenoxy) is 2. The zero-order chi connectivity index (χ0) is 17.1. The molecule has 0 saturated heterocycles. The van der Waals surface area contributed by atoms with Crippen LogP contribution < -0.4 is 9.47 Å². The zero-order valence-corrected chi connectivity index (χ0v) is 14.6. The van der Waals surface area contributed by atoms with Gasteiger partial charge in [-0.3, -0.25) is 4.57 Å². The number of rotatable bonds is 5. The van der Waals surface area contributed by atoms with Crippen molar-refractivity contribution in [3.05, 3.63) is 54.1 Å². The average Bonchev–Trinajstić information content (AvgIpc) is 2.97. The van der Waals surface area contributed by atoms with Gasteiger partial charge in [0.1, 0.15) is 18.5 Å². The molecule has 2 aromatic carbocycles. The quantitative estimate of drug-likeness (QED) is 0.667. The Kier molecular flexibility index (Phi) is 4.59. The van der Waals surface area contributed by atoms with Crippen LogP contribution in [0.5, 0.6) is 11.8 Å². The van der Waals surface area contributed by atoms with Crippen LogP contribution in [0.15, 0.2) is 48.5 Å². The van der Waals surface area contributed by atoms with Crippen molar-refractivity contribution in [3.8, 4) is 11.8 Å². The second-order valence-electron chi connectivity index (χ2n) is 6.76. The van der Waals surface area contributed by atoms with Gasteiger partial charge in [0.05, 0.1) is 11.0 Å². The van der Waals surface area contributed by atoms with Gasteiger partial charge in [0, 0.05) is 13.1 Å². The number of aryl methyl sites for hydroxylation is 1. The van der Waals surface area contributed by atoms with E-state index in [0.717, 1.165) is 35.2 Å². The van der Waals surface area contributed by atoms with E-state index in [9.17, 15) is 0 Å². The smallest absolute Gasteiger partial charge is 0.297 e. The van der Waals surface area contributed by atoms with Crippen molar-refractivity contribution in [2.75, 3.05) is 0 Å². The molecular weight excluding hydrogens is 312 g/mol. The standard InChI is InChI=1S/C21H24N2O2/c1-23-20-14-18(24-15-16-8-4-2-5-9-16)12-13-19(20)22-21(23)25-17-10-6-3-7-11-17/h2,4-5,8-9,12-14,17H,3,6-7,10-11,15H2,1H3. The van der Waals surface area contributed by atoms with Crippen LogP contribution >= 0.6 is 0 Å². The number of benzene rings is 2. The Morgan fingerprint density at radius 1 is 1.04 bits per heavy atom. The molecule has 0 unspecified atom stereocenters. The van der Waals surface area contributed by atoms with Gasteiger partial charge in [0.25, 0.3) is 6.01 Å². The molecule has 130 valence electrons. The fourth-order valence-electron chi connectivity index (χ4n) is 3.42. The normalized spacial score (nSPS) is 15.4. The predicted octanol–water partition coefficient (Wildman–Crippen LogP) is 4.86. The van der Waals surface area contributed by atoms with Gasteiger partial charge < -0.3 is 9.47 Å². The highest BCUT2D eigenvalue weighted by Crippen LogP contribution is 2.28. The molecule has 1 aliphatic carbocycles. The molecule has 1 aliphatic rings. The van der Waals surface area contributed by atoms with E-state index < -0.39 is 0 Å². The fourth-order valence-corrected chi connectivity index (χ4v) is 3.42. The highest BCUT2D eigenvalue weighted by Gasteiger charge is 2.18. The molecular formula is C21H24N2O2. The van der Waals surface area contributed by atoms with Crippen LogP contribution in [0, 0.1) is 0 Å². The van der Waals surface area contributed by atoms with E-state index in [0.29, 0.717) is 18.7 Å². The Hall–Kier alpha value is -2.49. The van der Waals surface area contributed by atoms with Gasteiger partial charge in [-0.15, -0.1) is 0 Å². The predicted molar refractivity (Wildman–Crippen MR) is 99.0 cm³/mol. The molecule has 4 heteroatoms. The molecule has 1 saturated carbocycles. The minimum Gasteiger partial charge on any atom is -0.489 e. The minimum absolute atomic E-state index is 0.304. The van der Waals surface area contributed by atoms with Gasteiger partial charge in [0.2, 0.25) is 0 Å². The van der Waals surface area contributed by atoms with Crippen molar-refractivity contribution >= 4 is 11.0 Å². The Morgan fingerprint density at radius 2 is 1.84 bits per heavy atom. The van der Waals surface area contributed by atoms with E-state index in [1.54, 1.807) is 0 Å². The summed E-state index contributed by atoms with van der Waals surface area (Å²) in [5, 5.41) is 0. The molecule has 0 spiro atoms. The molecule has 4 nitrogen and oxygen atoms in total. The largest absolute Gasteiger partial charge is 0.489 e. The molecule has 0 aliphatic heterocycles. The topological polar surface area (TPSA) is 36.3 Å². The summed E-state index contributed by atoms with van der Waals surface area (Å²) in [6, 6.07) is 16.9. The molecule has 1 fully saturated rings. The molecule has 1 heterocycles. The number of hydrogen-bond donors (Lipinski definition) is 0. The van der Waals surface area contributed by atoms with E-state index in [4.69, 9.17) is 9.47 Å². The molecule has 3 aromatic rings. The molecule has 4 rings (SSSR count). The first kappa shape index (κ1) is 16.0. The third kappa shape index (κ3) is 3.63. The van der Waals surface area contributed by atoms with Gasteiger partial charge in [-0.05, 0) is 43.4 Å². The second-order valence-corrected chi connectivity index (χ2v) is 6.76. The lowest BCUT2D eigenvalue weighted by atomic mass is 9.98. The summed E-state index contributed by atoms with van der Waals surface area (Å²) < 4.78 is 14.1. The summed E-state index contributed by atoms with van der Waals surface area (Å²) in [5.41, 5.74) is 3.14. The molecule has 0 N–H and O–H groups in total. The summed E-state index contributed by atoms with van der Waals surface area (Å²) in [6.45, 7) is 0.565. The zero-order valence-electron chi connectivity index (χ0n) is 14.6. The number of imidazole rings is 1. The minimum atomic E-state index is 0.304. The summed E-state index contributed by atoms with van der Waals surface area (Å²) in [4.78, 5) is 4.65. The molecule has 25 heavy (non-hydrogen) atoms. The van der Waals surface area contributed by atoms with Crippen molar-refractivity contribution in [3.63, 3.8) is 0 Å². The van der Waals surface area contributed by atoms with E-state index in [1.807, 2.05) is 48.0 Å². The number of aromatic nitrogens is 2. The van der Waals surface area contributed by atoms with Gasteiger partial charge in [0.15, 0.2) is 0 Å². The monoisotopic (exact) mass is 336 g/mol. The first-order valence-electron chi connectivity index (χ1n) is 9.09. The highest BCUT2D eigenvalue weighted by molar-refractivity contribution is 5.78. The molecule has 1 aromatic heterocycles. The third-order valence-corrected chi connectivity index (χ3v) is 4.88. The number of nitrogens with zero attached hydrogens (tertiary/aromatic N) is 2. The van der Waals surface area contributed by atoms with E-state index >= 15 is 0 Å². The number of fused-ring (bicyclic) bond motifs is 1. The Morgan fingerprint density at radius 3 is 2.64 bits per heavy atom. The molecule has 0 bridgehead atoms. The lowest BCUT2D eigenvalue weighted by Crippen LogP contribution is -2.21. The lowest BCUT2D eigenvalue weighted by Gasteiger charge is -2.22. The van der Waals surface area contributed by atoms with Crippen molar-refractivity contribution in [1.29, 1.82) is 0 Å². The van der Waals surface area contributed by atoms with Crippen molar-refractivity contribution in [2.24, 2.45) is 7.05 Å². The van der Waals surface area contributed by atoms with Crippen molar-refractivity contribution in [2.45, 2.75) is 44.8 Å². The average molecular weight is 336 g/mol. The Labute approximate surface area is 148 Å². The van der Waals surface area contributed by atoms with Crippen molar-refractivity contribution < 1.29 is 9.47 Å². The van der Waals surface area contributed by atoms with E-state index in [1.165, 1.54) is 19.3 Å². The van der Waals surface area contributed by atoms with Crippen LogP contribution in [0.25, 0.3) is 11.0 Å². The van der Waals surface area contributed by atoms with Gasteiger partial charge in [-0.25, -0.2) is 0 Å². The fraction of sp³-hybridized carbons (Fsp3) is 0.381. The maximum atomic E-state index is 6.15. The summed E-state index contributed by atoms with van der Waals surface area (Å²) in [7, 11) is 2.01. The summed E-state index contributed by atoms with van der Waals surface area (Å²) >= 11 is 0.